The van der Waals surface area contributed by atoms with Crippen molar-refractivity contribution in [1.29, 1.82) is 0 Å². The summed E-state index contributed by atoms with van der Waals surface area (Å²) in [5.74, 6) is -0.630. The second-order valence-corrected chi connectivity index (χ2v) is 8.92. The van der Waals surface area contributed by atoms with E-state index in [9.17, 15) is 14.4 Å². The van der Waals surface area contributed by atoms with Crippen molar-refractivity contribution in [2.24, 2.45) is 0 Å². The summed E-state index contributed by atoms with van der Waals surface area (Å²) < 4.78 is 1.39. The fourth-order valence-electron chi connectivity index (χ4n) is 4.25. The maximum absolute atomic E-state index is 13.7. The van der Waals surface area contributed by atoms with Crippen LogP contribution in [0.3, 0.4) is 0 Å². The van der Waals surface area contributed by atoms with Crippen molar-refractivity contribution in [2.45, 2.75) is 47.2 Å². The van der Waals surface area contributed by atoms with Crippen LogP contribution in [0.25, 0.3) is 11.0 Å². The molecule has 36 heavy (non-hydrogen) atoms. The van der Waals surface area contributed by atoms with E-state index in [0.717, 1.165) is 34.4 Å². The fourth-order valence-corrected chi connectivity index (χ4v) is 4.25. The quantitative estimate of drug-likeness (QED) is 0.411. The first kappa shape index (κ1) is 24.9. The van der Waals surface area contributed by atoms with E-state index in [4.69, 9.17) is 0 Å². The molecule has 4 aromatic rings. The Hall–Kier alpha value is -4.26. The summed E-state index contributed by atoms with van der Waals surface area (Å²) in [4.78, 5) is 45.4. The van der Waals surface area contributed by atoms with Gasteiger partial charge in [-0.2, -0.15) is 0 Å². The number of benzene rings is 3. The molecule has 0 unspecified atom stereocenters. The molecule has 0 aliphatic carbocycles. The van der Waals surface area contributed by atoms with Crippen molar-refractivity contribution in [3.63, 3.8) is 0 Å². The molecule has 0 bridgehead atoms. The molecule has 1 heterocycles. The normalized spacial score (nSPS) is 10.9. The number of para-hydroxylation sites is 3. The van der Waals surface area contributed by atoms with Crippen LogP contribution < -0.4 is 15.8 Å². The van der Waals surface area contributed by atoms with Crippen LogP contribution in [0, 0.1) is 13.8 Å². The molecule has 184 valence electrons. The lowest BCUT2D eigenvalue weighted by atomic mass is 10.1. The number of hydrogen-bond acceptors (Lipinski definition) is 4. The Balaban J connectivity index is 1.75. The van der Waals surface area contributed by atoms with Gasteiger partial charge in [0.1, 0.15) is 6.54 Å². The average Bonchev–Trinajstić information content (AvgIpc) is 2.86. The third-order valence-corrected chi connectivity index (χ3v) is 6.24. The van der Waals surface area contributed by atoms with Crippen molar-refractivity contribution in [3.8, 4) is 0 Å². The number of carbonyl (C=O) groups is 2. The number of nitrogens with zero attached hydrogens (tertiary/aromatic N) is 3. The summed E-state index contributed by atoms with van der Waals surface area (Å²) in [6.07, 6.45) is 0.770. The largest absolute Gasteiger partial charge is 0.324 e. The molecular formula is C29H30N4O3. The number of hydrogen-bond donors (Lipinski definition) is 1. The highest BCUT2D eigenvalue weighted by atomic mass is 16.2. The molecule has 0 aliphatic heterocycles. The van der Waals surface area contributed by atoms with Crippen molar-refractivity contribution >= 4 is 34.4 Å². The van der Waals surface area contributed by atoms with Crippen molar-refractivity contribution in [2.75, 3.05) is 10.2 Å². The van der Waals surface area contributed by atoms with E-state index in [-0.39, 0.29) is 30.7 Å². The van der Waals surface area contributed by atoms with E-state index >= 15 is 0 Å². The summed E-state index contributed by atoms with van der Waals surface area (Å²) in [6, 6.07) is 20.8. The topological polar surface area (TPSA) is 84.3 Å². The minimum atomic E-state index is -0.494. The zero-order chi connectivity index (χ0) is 25.8. The Labute approximate surface area is 210 Å². The van der Waals surface area contributed by atoms with Crippen molar-refractivity contribution < 1.29 is 9.59 Å². The molecule has 2 amide bonds. The molecule has 0 atom stereocenters. The summed E-state index contributed by atoms with van der Waals surface area (Å²) in [5.41, 5.74) is 5.29. The lowest BCUT2D eigenvalue weighted by Gasteiger charge is -2.22. The third kappa shape index (κ3) is 5.20. The van der Waals surface area contributed by atoms with Gasteiger partial charge in [0.15, 0.2) is 0 Å². The first-order valence-corrected chi connectivity index (χ1v) is 12.0. The Morgan fingerprint density at radius 2 is 1.69 bits per heavy atom. The van der Waals surface area contributed by atoms with Gasteiger partial charge in [0.05, 0.1) is 17.6 Å². The number of aryl methyl sites for hydroxylation is 3. The average molecular weight is 483 g/mol. The van der Waals surface area contributed by atoms with E-state index < -0.39 is 5.56 Å². The number of nitrogens with one attached hydrogen (secondary N) is 1. The number of rotatable bonds is 7. The van der Waals surface area contributed by atoms with Gasteiger partial charge >= 0.3 is 0 Å². The predicted octanol–water partition coefficient (Wildman–Crippen LogP) is 4.77. The number of carbonyl (C=O) groups excluding carboxylic acids is 2. The molecule has 7 heteroatoms. The molecular weight excluding hydrogens is 452 g/mol. The van der Waals surface area contributed by atoms with E-state index in [0.29, 0.717) is 11.0 Å². The first-order chi connectivity index (χ1) is 17.3. The minimum absolute atomic E-state index is 0.000265. The molecule has 0 aliphatic rings. The number of anilines is 2. The Kier molecular flexibility index (Phi) is 7.29. The monoisotopic (exact) mass is 482 g/mol. The zero-order valence-corrected chi connectivity index (χ0v) is 21.0. The van der Waals surface area contributed by atoms with Crippen LogP contribution >= 0.6 is 0 Å². The maximum Gasteiger partial charge on any atom is 0.294 e. The SMILES string of the molecule is CCc1cccc(C)c1NC(=O)Cn1c(=O)c(N(Cc2ccc(C)cc2)C(C)=O)nc2ccccc21. The molecule has 4 rings (SSSR count). The first-order valence-electron chi connectivity index (χ1n) is 12.0. The summed E-state index contributed by atoms with van der Waals surface area (Å²) in [5, 5.41) is 2.99. The fraction of sp³-hybridized carbons (Fsp3) is 0.241. The molecule has 3 aromatic carbocycles. The van der Waals surface area contributed by atoms with Crippen LogP contribution in [-0.4, -0.2) is 21.4 Å². The van der Waals surface area contributed by atoms with E-state index in [1.54, 1.807) is 18.2 Å². The highest BCUT2D eigenvalue weighted by molar-refractivity contribution is 5.94. The molecule has 0 radical (unpaired) electrons. The Morgan fingerprint density at radius 3 is 2.39 bits per heavy atom. The second-order valence-electron chi connectivity index (χ2n) is 8.92. The van der Waals surface area contributed by atoms with Gasteiger partial charge in [-0.05, 0) is 49.1 Å². The smallest absolute Gasteiger partial charge is 0.294 e. The maximum atomic E-state index is 13.7. The molecule has 1 aromatic heterocycles. The van der Waals surface area contributed by atoms with Gasteiger partial charge in [-0.1, -0.05) is 67.1 Å². The van der Waals surface area contributed by atoms with Gasteiger partial charge in [-0.15, -0.1) is 0 Å². The standard InChI is InChI=1S/C29H30N4O3/c1-5-23-10-8-9-20(3)27(23)31-26(35)18-33-25-12-7-6-11-24(25)30-28(29(33)36)32(21(4)34)17-22-15-13-19(2)14-16-22/h6-16H,5,17-18H2,1-4H3,(H,31,35). The van der Waals surface area contributed by atoms with Gasteiger partial charge in [0.2, 0.25) is 17.6 Å². The van der Waals surface area contributed by atoms with Crippen LogP contribution in [0.2, 0.25) is 0 Å². The minimum Gasteiger partial charge on any atom is -0.324 e. The number of aromatic nitrogens is 2. The zero-order valence-electron chi connectivity index (χ0n) is 21.0. The van der Waals surface area contributed by atoms with Gasteiger partial charge < -0.3 is 5.32 Å². The van der Waals surface area contributed by atoms with Gasteiger partial charge in [-0.3, -0.25) is 23.9 Å². The third-order valence-electron chi connectivity index (χ3n) is 6.24. The molecule has 0 spiro atoms. The van der Waals surface area contributed by atoms with Crippen LogP contribution in [0.4, 0.5) is 11.5 Å². The molecule has 7 nitrogen and oxygen atoms in total. The highest BCUT2D eigenvalue weighted by Gasteiger charge is 2.22. The van der Waals surface area contributed by atoms with Crippen LogP contribution in [-0.2, 0) is 29.1 Å². The van der Waals surface area contributed by atoms with Gasteiger partial charge in [-0.25, -0.2) is 4.98 Å². The molecule has 1 N–H and O–H groups in total. The van der Waals surface area contributed by atoms with Crippen LogP contribution in [0.1, 0.15) is 36.1 Å². The van der Waals surface area contributed by atoms with Crippen molar-refractivity contribution in [3.05, 3.63) is 99.3 Å². The van der Waals surface area contributed by atoms with E-state index in [1.807, 2.05) is 69.3 Å². The van der Waals surface area contributed by atoms with E-state index in [2.05, 4.69) is 10.3 Å². The second kappa shape index (κ2) is 10.6. The lowest BCUT2D eigenvalue weighted by molar-refractivity contribution is -0.117. The van der Waals surface area contributed by atoms with Crippen LogP contribution in [0.15, 0.2) is 71.5 Å². The van der Waals surface area contributed by atoms with Crippen molar-refractivity contribution in [1.82, 2.24) is 9.55 Å². The van der Waals surface area contributed by atoms with Crippen LogP contribution in [0.5, 0.6) is 0 Å². The summed E-state index contributed by atoms with van der Waals surface area (Å²) in [6.45, 7) is 7.36. The predicted molar refractivity (Wildman–Crippen MR) is 143 cm³/mol. The Morgan fingerprint density at radius 1 is 0.972 bits per heavy atom. The number of amides is 2. The van der Waals surface area contributed by atoms with Gasteiger partial charge in [0, 0.05) is 12.6 Å². The molecule has 0 fully saturated rings. The Bertz CT molecular complexity index is 1490. The number of fused-ring (bicyclic) bond motifs is 1. The summed E-state index contributed by atoms with van der Waals surface area (Å²) in [7, 11) is 0. The highest BCUT2D eigenvalue weighted by Crippen LogP contribution is 2.22. The molecule has 0 saturated heterocycles. The van der Waals surface area contributed by atoms with E-state index in [1.165, 1.54) is 16.4 Å². The van der Waals surface area contributed by atoms with Gasteiger partial charge in [0.25, 0.3) is 5.56 Å². The lowest BCUT2D eigenvalue weighted by Crippen LogP contribution is -2.38. The molecule has 0 saturated carbocycles. The summed E-state index contributed by atoms with van der Waals surface area (Å²) >= 11 is 0.